The van der Waals surface area contributed by atoms with Crippen LogP contribution in [0.3, 0.4) is 0 Å². The number of aromatic nitrogens is 3. The van der Waals surface area contributed by atoms with E-state index in [1.807, 2.05) is 0 Å². The lowest BCUT2D eigenvalue weighted by atomic mass is 9.85. The van der Waals surface area contributed by atoms with Crippen LogP contribution in [0.2, 0.25) is 0 Å². The van der Waals surface area contributed by atoms with Crippen LogP contribution in [0.15, 0.2) is 30.5 Å². The molecule has 3 atom stereocenters. The van der Waals surface area contributed by atoms with Gasteiger partial charge in [0.15, 0.2) is 22.8 Å². The number of nitrogens with one attached hydrogen (secondary N) is 1. The van der Waals surface area contributed by atoms with E-state index in [1.54, 1.807) is 0 Å². The maximum Gasteiger partial charge on any atom is 0.417 e. The zero-order valence-electron chi connectivity index (χ0n) is 18.8. The quantitative estimate of drug-likeness (QED) is 0.510. The number of carbonyl (C=O) groups is 1. The van der Waals surface area contributed by atoms with Crippen LogP contribution in [0.1, 0.15) is 31.7 Å². The highest BCUT2D eigenvalue weighted by atomic mass is 19.4. The number of hydrogen-bond acceptors (Lipinski definition) is 6. The number of rotatable bonds is 6. The minimum atomic E-state index is -4.83. The van der Waals surface area contributed by atoms with Crippen molar-refractivity contribution < 1.29 is 41.0 Å². The molecule has 8 nitrogen and oxygen atoms in total. The van der Waals surface area contributed by atoms with Gasteiger partial charge in [0.05, 0.1) is 13.7 Å². The minimum absolute atomic E-state index is 0.0732. The summed E-state index contributed by atoms with van der Waals surface area (Å²) in [6.45, 7) is 2.25. The standard InChI is InChI=1S/C22H21F5N4O4/c1-4-34-17-12(5-6-14(23)16(17)24)13-10-21(2,22(25,26)27)35-18(13)19(32)28-11-7-8-31-15(9-11)29-30-20(31)33-3/h5-9,13,18H,4,10H2,1-3H3,(H,28,32)/t13-,18+,21+/m0/s1. The number of benzene rings is 1. The second-order valence-corrected chi connectivity index (χ2v) is 8.11. The third-order valence-corrected chi connectivity index (χ3v) is 5.82. The zero-order valence-corrected chi connectivity index (χ0v) is 18.8. The Morgan fingerprint density at radius 1 is 1.29 bits per heavy atom. The average molecular weight is 500 g/mol. The van der Waals surface area contributed by atoms with Gasteiger partial charge in [0, 0.05) is 29.4 Å². The Kier molecular flexibility index (Phi) is 6.30. The summed E-state index contributed by atoms with van der Waals surface area (Å²) in [4.78, 5) is 13.2. The van der Waals surface area contributed by atoms with E-state index in [1.165, 1.54) is 36.8 Å². The van der Waals surface area contributed by atoms with Gasteiger partial charge in [0.2, 0.25) is 5.82 Å². The van der Waals surface area contributed by atoms with Crippen molar-refractivity contribution in [2.24, 2.45) is 0 Å². The predicted octanol–water partition coefficient (Wildman–Crippen LogP) is 4.25. The van der Waals surface area contributed by atoms with Gasteiger partial charge in [-0.3, -0.25) is 9.20 Å². The van der Waals surface area contributed by atoms with E-state index < -0.39 is 53.5 Å². The van der Waals surface area contributed by atoms with Crippen LogP contribution in [0.5, 0.6) is 11.8 Å². The van der Waals surface area contributed by atoms with Gasteiger partial charge in [-0.2, -0.15) is 17.6 Å². The van der Waals surface area contributed by atoms with Gasteiger partial charge in [-0.15, -0.1) is 5.10 Å². The fraction of sp³-hybridized carbons (Fsp3) is 0.409. The summed E-state index contributed by atoms with van der Waals surface area (Å²) in [5.74, 6) is -5.33. The lowest BCUT2D eigenvalue weighted by Crippen LogP contribution is -2.43. The largest absolute Gasteiger partial charge is 0.490 e. The Morgan fingerprint density at radius 3 is 2.69 bits per heavy atom. The Morgan fingerprint density at radius 2 is 2.03 bits per heavy atom. The van der Waals surface area contributed by atoms with Crippen LogP contribution in [0, 0.1) is 11.6 Å². The van der Waals surface area contributed by atoms with Crippen molar-refractivity contribution in [3.8, 4) is 11.8 Å². The number of methoxy groups -OCH3 is 1. The van der Waals surface area contributed by atoms with E-state index >= 15 is 0 Å². The molecular formula is C22H21F5N4O4. The second kappa shape index (κ2) is 8.95. The van der Waals surface area contributed by atoms with E-state index in [0.29, 0.717) is 5.65 Å². The normalized spacial score (nSPS) is 22.4. The molecule has 1 N–H and O–H groups in total. The molecule has 2 aromatic heterocycles. The molecule has 1 aromatic carbocycles. The molecule has 0 unspecified atom stereocenters. The van der Waals surface area contributed by atoms with Crippen molar-refractivity contribution in [1.29, 1.82) is 0 Å². The van der Waals surface area contributed by atoms with Gasteiger partial charge in [-0.25, -0.2) is 4.39 Å². The molecule has 1 saturated heterocycles. The molecule has 4 rings (SSSR count). The molecule has 188 valence electrons. The highest BCUT2D eigenvalue weighted by Gasteiger charge is 2.61. The van der Waals surface area contributed by atoms with Gasteiger partial charge in [-0.05, 0) is 32.4 Å². The first kappa shape index (κ1) is 24.6. The average Bonchev–Trinajstić information content (AvgIpc) is 3.38. The number of anilines is 1. The van der Waals surface area contributed by atoms with Crippen LogP contribution in [0.25, 0.3) is 5.65 Å². The van der Waals surface area contributed by atoms with Crippen molar-refractivity contribution >= 4 is 17.2 Å². The number of fused-ring (bicyclic) bond motifs is 1. The highest BCUT2D eigenvalue weighted by Crippen LogP contribution is 2.51. The van der Waals surface area contributed by atoms with E-state index in [2.05, 4.69) is 15.5 Å². The van der Waals surface area contributed by atoms with Crippen LogP contribution < -0.4 is 14.8 Å². The lowest BCUT2D eigenvalue weighted by molar-refractivity contribution is -0.261. The first-order valence-corrected chi connectivity index (χ1v) is 10.5. The molecule has 3 heterocycles. The van der Waals surface area contributed by atoms with Crippen LogP contribution >= 0.6 is 0 Å². The third kappa shape index (κ3) is 4.35. The van der Waals surface area contributed by atoms with Crippen LogP contribution in [-0.4, -0.2) is 52.1 Å². The summed E-state index contributed by atoms with van der Waals surface area (Å²) in [6.07, 6.45) is -5.73. The fourth-order valence-corrected chi connectivity index (χ4v) is 4.06. The maximum absolute atomic E-state index is 14.5. The summed E-state index contributed by atoms with van der Waals surface area (Å²) in [5, 5.41) is 10.2. The van der Waals surface area contributed by atoms with E-state index in [4.69, 9.17) is 14.2 Å². The smallest absolute Gasteiger partial charge is 0.417 e. The molecule has 0 radical (unpaired) electrons. The molecule has 1 aliphatic heterocycles. The SMILES string of the molecule is CCOc1c([C@@H]2C[C@](C)(C(F)(F)F)O[C@H]2C(=O)Nc2ccn3c(OC)nnc3c2)ccc(F)c1F. The Bertz CT molecular complexity index is 1260. The fourth-order valence-electron chi connectivity index (χ4n) is 4.06. The first-order valence-electron chi connectivity index (χ1n) is 10.5. The van der Waals surface area contributed by atoms with Crippen molar-refractivity contribution in [3.63, 3.8) is 0 Å². The molecule has 0 bridgehead atoms. The number of ether oxygens (including phenoxy) is 3. The summed E-state index contributed by atoms with van der Waals surface area (Å²) >= 11 is 0. The predicted molar refractivity (Wildman–Crippen MR) is 112 cm³/mol. The maximum atomic E-state index is 14.5. The highest BCUT2D eigenvalue weighted by molar-refractivity contribution is 5.95. The molecule has 0 spiro atoms. The third-order valence-electron chi connectivity index (χ3n) is 5.82. The molecule has 13 heteroatoms. The monoisotopic (exact) mass is 500 g/mol. The Labute approximate surface area is 196 Å². The molecule has 35 heavy (non-hydrogen) atoms. The zero-order chi connectivity index (χ0) is 25.5. The number of pyridine rings is 1. The molecular weight excluding hydrogens is 479 g/mol. The minimum Gasteiger partial charge on any atom is -0.490 e. The van der Waals surface area contributed by atoms with Crippen molar-refractivity contribution in [3.05, 3.63) is 47.7 Å². The summed E-state index contributed by atoms with van der Waals surface area (Å²) in [5.41, 5.74) is -2.30. The summed E-state index contributed by atoms with van der Waals surface area (Å²) < 4.78 is 86.9. The Hall–Kier alpha value is -3.48. The van der Waals surface area contributed by atoms with Gasteiger partial charge in [-0.1, -0.05) is 11.2 Å². The molecule has 1 fully saturated rings. The summed E-state index contributed by atoms with van der Waals surface area (Å²) in [6, 6.07) is 4.97. The first-order chi connectivity index (χ1) is 16.5. The van der Waals surface area contributed by atoms with Crippen molar-refractivity contribution in [1.82, 2.24) is 14.6 Å². The second-order valence-electron chi connectivity index (χ2n) is 8.11. The van der Waals surface area contributed by atoms with Gasteiger partial charge >= 0.3 is 12.2 Å². The van der Waals surface area contributed by atoms with Gasteiger partial charge < -0.3 is 19.5 Å². The van der Waals surface area contributed by atoms with Crippen LogP contribution in [-0.2, 0) is 9.53 Å². The molecule has 0 saturated carbocycles. The van der Waals surface area contributed by atoms with E-state index in [-0.39, 0.29) is 23.9 Å². The molecule has 1 amide bonds. The number of amides is 1. The Balaban J connectivity index is 1.71. The van der Waals surface area contributed by atoms with Crippen molar-refractivity contribution in [2.45, 2.75) is 44.1 Å². The summed E-state index contributed by atoms with van der Waals surface area (Å²) in [7, 11) is 1.40. The van der Waals surface area contributed by atoms with Gasteiger partial charge in [0.25, 0.3) is 5.91 Å². The topological polar surface area (TPSA) is 87.0 Å². The number of carbonyl (C=O) groups excluding carboxylic acids is 1. The number of alkyl halides is 3. The number of nitrogens with zero attached hydrogens (tertiary/aromatic N) is 3. The lowest BCUT2D eigenvalue weighted by Gasteiger charge is -2.27. The van der Waals surface area contributed by atoms with Crippen LogP contribution in [0.4, 0.5) is 27.6 Å². The number of halogens is 5. The van der Waals surface area contributed by atoms with E-state index in [9.17, 15) is 26.7 Å². The number of hydrogen-bond donors (Lipinski definition) is 1. The molecule has 3 aromatic rings. The van der Waals surface area contributed by atoms with Gasteiger partial charge in [0.1, 0.15) is 6.10 Å². The van der Waals surface area contributed by atoms with Crippen molar-refractivity contribution in [2.75, 3.05) is 19.0 Å². The molecule has 0 aliphatic carbocycles. The van der Waals surface area contributed by atoms with E-state index in [0.717, 1.165) is 19.1 Å². The molecule has 1 aliphatic rings.